The summed E-state index contributed by atoms with van der Waals surface area (Å²) in [5.74, 6) is 2.24. The van der Waals surface area contributed by atoms with E-state index in [4.69, 9.17) is 16.3 Å². The van der Waals surface area contributed by atoms with Gasteiger partial charge in [-0.25, -0.2) is 0 Å². The third kappa shape index (κ3) is 5.05. The van der Waals surface area contributed by atoms with Crippen LogP contribution in [0.1, 0.15) is 52.9 Å². The minimum absolute atomic E-state index is 0.394. The summed E-state index contributed by atoms with van der Waals surface area (Å²) in [7, 11) is 0. The summed E-state index contributed by atoms with van der Waals surface area (Å²) in [5.41, 5.74) is 0. The normalized spacial score (nSPS) is 30.9. The lowest BCUT2D eigenvalue weighted by atomic mass is 9.78. The summed E-state index contributed by atoms with van der Waals surface area (Å²) in [4.78, 5) is 0. The second-order valence-electron chi connectivity index (χ2n) is 5.62. The maximum absolute atomic E-state index is 6.39. The molecule has 2 heteroatoms. The van der Waals surface area contributed by atoms with Crippen molar-refractivity contribution in [2.45, 2.75) is 58.3 Å². The predicted octanol–water partition coefficient (Wildman–Crippen LogP) is 4.48. The molecular formula is C14H27ClO. The van der Waals surface area contributed by atoms with Gasteiger partial charge < -0.3 is 4.74 Å². The van der Waals surface area contributed by atoms with Crippen molar-refractivity contribution in [3.05, 3.63) is 0 Å². The summed E-state index contributed by atoms with van der Waals surface area (Å²) in [6.07, 6.45) is 6.31. The van der Waals surface area contributed by atoms with Crippen molar-refractivity contribution in [3.63, 3.8) is 0 Å². The molecule has 1 saturated carbocycles. The minimum Gasteiger partial charge on any atom is -0.381 e. The highest BCUT2D eigenvalue weighted by Gasteiger charge is 2.27. The fraction of sp³-hybridized carbons (Fsp3) is 1.00. The van der Waals surface area contributed by atoms with Crippen LogP contribution in [0.25, 0.3) is 0 Å². The molecule has 0 saturated heterocycles. The number of halogens is 1. The van der Waals surface area contributed by atoms with Crippen LogP contribution in [0.5, 0.6) is 0 Å². The highest BCUT2D eigenvalue weighted by molar-refractivity contribution is 6.20. The van der Waals surface area contributed by atoms with Crippen molar-refractivity contribution in [1.82, 2.24) is 0 Å². The van der Waals surface area contributed by atoms with E-state index < -0.39 is 0 Å². The zero-order valence-electron chi connectivity index (χ0n) is 11.0. The average Bonchev–Trinajstić information content (AvgIpc) is 2.26. The summed E-state index contributed by atoms with van der Waals surface area (Å²) < 4.78 is 5.66. The van der Waals surface area contributed by atoms with E-state index in [0.29, 0.717) is 17.2 Å². The molecule has 0 bridgehead atoms. The minimum atomic E-state index is 0.394. The Bertz CT molecular complexity index is 182. The van der Waals surface area contributed by atoms with Crippen LogP contribution in [0.4, 0.5) is 0 Å². The van der Waals surface area contributed by atoms with E-state index in [2.05, 4.69) is 20.8 Å². The molecule has 1 nitrogen and oxygen atoms in total. The molecule has 0 N–H and O–H groups in total. The summed E-state index contributed by atoms with van der Waals surface area (Å²) >= 11 is 6.39. The molecule has 3 unspecified atom stereocenters. The first kappa shape index (κ1) is 14.3. The Hall–Kier alpha value is 0.250. The monoisotopic (exact) mass is 246 g/mol. The van der Waals surface area contributed by atoms with Gasteiger partial charge >= 0.3 is 0 Å². The van der Waals surface area contributed by atoms with E-state index in [9.17, 15) is 0 Å². The van der Waals surface area contributed by atoms with Gasteiger partial charge in [-0.15, -0.1) is 11.6 Å². The van der Waals surface area contributed by atoms with Crippen molar-refractivity contribution in [3.8, 4) is 0 Å². The average molecular weight is 247 g/mol. The second kappa shape index (κ2) is 7.55. The van der Waals surface area contributed by atoms with Gasteiger partial charge in [0.25, 0.3) is 0 Å². The zero-order chi connectivity index (χ0) is 12.0. The third-order valence-corrected chi connectivity index (χ3v) is 4.23. The molecule has 0 aromatic carbocycles. The zero-order valence-corrected chi connectivity index (χ0v) is 11.8. The maximum atomic E-state index is 6.39. The largest absolute Gasteiger partial charge is 0.381 e. The fourth-order valence-corrected chi connectivity index (χ4v) is 2.90. The van der Waals surface area contributed by atoms with Crippen LogP contribution >= 0.6 is 11.6 Å². The van der Waals surface area contributed by atoms with Crippen molar-refractivity contribution in [2.24, 2.45) is 17.8 Å². The molecule has 16 heavy (non-hydrogen) atoms. The topological polar surface area (TPSA) is 9.23 Å². The van der Waals surface area contributed by atoms with Gasteiger partial charge in [0.05, 0.1) is 0 Å². The van der Waals surface area contributed by atoms with Gasteiger partial charge in [-0.1, -0.05) is 27.2 Å². The van der Waals surface area contributed by atoms with Gasteiger partial charge in [0.1, 0.15) is 0 Å². The van der Waals surface area contributed by atoms with E-state index in [1.165, 1.54) is 25.7 Å². The number of ether oxygens (including phenoxy) is 1. The van der Waals surface area contributed by atoms with Gasteiger partial charge in [-0.3, -0.25) is 0 Å². The molecule has 0 radical (unpaired) electrons. The molecule has 0 aromatic heterocycles. The van der Waals surface area contributed by atoms with Crippen LogP contribution in [0.2, 0.25) is 0 Å². The molecule has 0 spiro atoms. The Kier molecular flexibility index (Phi) is 6.75. The van der Waals surface area contributed by atoms with Crippen molar-refractivity contribution in [1.29, 1.82) is 0 Å². The van der Waals surface area contributed by atoms with Crippen molar-refractivity contribution in [2.75, 3.05) is 13.2 Å². The Labute approximate surface area is 106 Å². The lowest BCUT2D eigenvalue weighted by Crippen LogP contribution is -2.26. The van der Waals surface area contributed by atoms with Crippen LogP contribution in [-0.2, 0) is 4.74 Å². The third-order valence-electron chi connectivity index (χ3n) is 3.66. The lowest BCUT2D eigenvalue weighted by molar-refractivity contribution is 0.0893. The quantitative estimate of drug-likeness (QED) is 0.496. The highest BCUT2D eigenvalue weighted by Crippen LogP contribution is 2.36. The smallest absolute Gasteiger partial charge is 0.0488 e. The van der Waals surface area contributed by atoms with Crippen LogP contribution in [0.15, 0.2) is 0 Å². The van der Waals surface area contributed by atoms with Gasteiger partial charge in [0, 0.05) is 18.6 Å². The van der Waals surface area contributed by atoms with E-state index in [0.717, 1.165) is 25.6 Å². The lowest BCUT2D eigenvalue weighted by Gasteiger charge is -2.32. The van der Waals surface area contributed by atoms with Gasteiger partial charge in [0.2, 0.25) is 0 Å². The molecule has 0 aliphatic heterocycles. The molecule has 0 amide bonds. The van der Waals surface area contributed by atoms with Crippen LogP contribution in [-0.4, -0.2) is 18.6 Å². The Morgan fingerprint density at radius 1 is 1.31 bits per heavy atom. The van der Waals surface area contributed by atoms with E-state index in [1.54, 1.807) is 0 Å². The first-order valence-corrected chi connectivity index (χ1v) is 7.28. The van der Waals surface area contributed by atoms with Crippen molar-refractivity contribution < 1.29 is 4.74 Å². The fourth-order valence-electron chi connectivity index (χ4n) is 2.55. The number of hydrogen-bond donors (Lipinski definition) is 0. The summed E-state index contributed by atoms with van der Waals surface area (Å²) in [6, 6.07) is 0. The van der Waals surface area contributed by atoms with Gasteiger partial charge in [0.15, 0.2) is 0 Å². The van der Waals surface area contributed by atoms with E-state index in [-0.39, 0.29) is 0 Å². The molecule has 3 atom stereocenters. The standard InChI is InChI=1S/C14H27ClO/c1-4-12-5-6-14(15)13(9-12)7-8-16-10-11(2)3/h11-14H,4-10H2,1-3H3. The van der Waals surface area contributed by atoms with Gasteiger partial charge in [-0.2, -0.15) is 0 Å². The molecular weight excluding hydrogens is 220 g/mol. The number of rotatable bonds is 6. The van der Waals surface area contributed by atoms with Crippen LogP contribution in [0, 0.1) is 17.8 Å². The molecule has 0 aromatic rings. The maximum Gasteiger partial charge on any atom is 0.0488 e. The Morgan fingerprint density at radius 2 is 2.06 bits per heavy atom. The first-order chi connectivity index (χ1) is 7.63. The molecule has 1 aliphatic rings. The molecule has 1 fully saturated rings. The second-order valence-corrected chi connectivity index (χ2v) is 6.18. The Morgan fingerprint density at radius 3 is 2.69 bits per heavy atom. The molecule has 1 aliphatic carbocycles. The van der Waals surface area contributed by atoms with Gasteiger partial charge in [-0.05, 0) is 43.4 Å². The Balaban J connectivity index is 2.18. The van der Waals surface area contributed by atoms with E-state index >= 15 is 0 Å². The molecule has 0 heterocycles. The van der Waals surface area contributed by atoms with E-state index in [1.807, 2.05) is 0 Å². The molecule has 1 rings (SSSR count). The predicted molar refractivity (Wildman–Crippen MR) is 71.0 cm³/mol. The van der Waals surface area contributed by atoms with Crippen LogP contribution in [0.3, 0.4) is 0 Å². The summed E-state index contributed by atoms with van der Waals surface area (Å²) in [5, 5.41) is 0.394. The highest BCUT2D eigenvalue weighted by atomic mass is 35.5. The SMILES string of the molecule is CCC1CCC(Cl)C(CCOCC(C)C)C1. The number of alkyl halides is 1. The van der Waals surface area contributed by atoms with Crippen molar-refractivity contribution >= 4 is 11.6 Å². The summed E-state index contributed by atoms with van der Waals surface area (Å²) in [6.45, 7) is 8.46. The number of hydrogen-bond acceptors (Lipinski definition) is 1. The first-order valence-electron chi connectivity index (χ1n) is 6.85. The molecule has 96 valence electrons. The van der Waals surface area contributed by atoms with Crippen LogP contribution < -0.4 is 0 Å².